The van der Waals surface area contributed by atoms with Crippen LogP contribution in [0.2, 0.25) is 0 Å². The zero-order valence-corrected chi connectivity index (χ0v) is 11.0. The molecular formula is C12H21N5O. The molecule has 1 atom stereocenters. The maximum Gasteiger partial charge on any atom is 0.158 e. The third-order valence-electron chi connectivity index (χ3n) is 3.28. The minimum atomic E-state index is 0.394. The van der Waals surface area contributed by atoms with Crippen molar-refractivity contribution >= 4 is 11.6 Å². The lowest BCUT2D eigenvalue weighted by Gasteiger charge is -2.34. The van der Waals surface area contributed by atoms with E-state index in [9.17, 15) is 0 Å². The van der Waals surface area contributed by atoms with Crippen LogP contribution in [0.3, 0.4) is 0 Å². The van der Waals surface area contributed by atoms with Gasteiger partial charge in [0.1, 0.15) is 18.2 Å². The summed E-state index contributed by atoms with van der Waals surface area (Å²) < 4.78 is 5.08. The zero-order valence-electron chi connectivity index (χ0n) is 11.0. The average Bonchev–Trinajstić information content (AvgIpc) is 2.39. The minimum absolute atomic E-state index is 0.394. The lowest BCUT2D eigenvalue weighted by molar-refractivity contribution is 0.178. The molecule has 1 saturated heterocycles. The number of piperidine rings is 1. The Morgan fingerprint density at radius 1 is 1.50 bits per heavy atom. The summed E-state index contributed by atoms with van der Waals surface area (Å²) in [6, 6.07) is 2.40. The third kappa shape index (κ3) is 2.88. The van der Waals surface area contributed by atoms with Crippen molar-refractivity contribution in [2.75, 3.05) is 24.0 Å². The van der Waals surface area contributed by atoms with E-state index in [0.29, 0.717) is 24.3 Å². The van der Waals surface area contributed by atoms with Crippen LogP contribution in [0.5, 0.6) is 0 Å². The van der Waals surface area contributed by atoms with Gasteiger partial charge < -0.3 is 15.1 Å². The molecule has 1 unspecified atom stereocenters. The van der Waals surface area contributed by atoms with E-state index in [4.69, 9.17) is 10.6 Å². The van der Waals surface area contributed by atoms with Crippen LogP contribution in [-0.2, 0) is 11.3 Å². The molecule has 2 rings (SSSR count). The van der Waals surface area contributed by atoms with Crippen molar-refractivity contribution in [2.45, 2.75) is 38.8 Å². The Hall–Kier alpha value is -1.40. The number of hydrazine groups is 1. The van der Waals surface area contributed by atoms with Crippen LogP contribution < -0.4 is 16.2 Å². The van der Waals surface area contributed by atoms with Crippen LogP contribution in [0.1, 0.15) is 32.0 Å². The Bertz CT molecular complexity index is 398. The van der Waals surface area contributed by atoms with E-state index in [1.165, 1.54) is 19.3 Å². The number of aromatic nitrogens is 2. The van der Waals surface area contributed by atoms with Crippen LogP contribution in [0, 0.1) is 0 Å². The number of hydrogen-bond acceptors (Lipinski definition) is 6. The number of nitrogens with zero attached hydrogens (tertiary/aromatic N) is 3. The second kappa shape index (κ2) is 5.97. The predicted octanol–water partition coefficient (Wildman–Crippen LogP) is 1.29. The number of hydrogen-bond donors (Lipinski definition) is 2. The minimum Gasteiger partial charge on any atom is -0.377 e. The van der Waals surface area contributed by atoms with Crippen molar-refractivity contribution in [3.05, 3.63) is 11.9 Å². The predicted molar refractivity (Wildman–Crippen MR) is 71.2 cm³/mol. The first-order valence-electron chi connectivity index (χ1n) is 6.34. The Morgan fingerprint density at radius 2 is 2.33 bits per heavy atom. The summed E-state index contributed by atoms with van der Waals surface area (Å²) in [4.78, 5) is 11.1. The van der Waals surface area contributed by atoms with E-state index in [2.05, 4.69) is 27.2 Å². The third-order valence-corrected chi connectivity index (χ3v) is 3.28. The molecule has 0 amide bonds. The first kappa shape index (κ1) is 13.0. The molecule has 1 aliphatic rings. The van der Waals surface area contributed by atoms with Crippen molar-refractivity contribution in [3.8, 4) is 0 Å². The molecule has 0 aromatic carbocycles. The Morgan fingerprint density at radius 3 is 3.00 bits per heavy atom. The Labute approximate surface area is 108 Å². The largest absolute Gasteiger partial charge is 0.377 e. The van der Waals surface area contributed by atoms with Crippen LogP contribution in [0.15, 0.2) is 6.07 Å². The molecule has 3 N–H and O–H groups in total. The van der Waals surface area contributed by atoms with Gasteiger partial charge in [-0.15, -0.1) is 0 Å². The van der Waals surface area contributed by atoms with Crippen molar-refractivity contribution in [3.63, 3.8) is 0 Å². The standard InChI is InChI=1S/C12H21N5O/c1-9-5-3-4-6-17(9)12-7-10(16-13)14-11(15-12)8-18-2/h7,9H,3-6,8,13H2,1-2H3,(H,14,15,16). The van der Waals surface area contributed by atoms with Crippen LogP contribution in [0.25, 0.3) is 0 Å². The number of nitrogens with two attached hydrogens (primary N) is 1. The van der Waals surface area contributed by atoms with Gasteiger partial charge in [0.2, 0.25) is 0 Å². The molecule has 0 saturated carbocycles. The molecule has 2 heterocycles. The Kier molecular flexibility index (Phi) is 4.33. The molecule has 0 radical (unpaired) electrons. The molecule has 1 aromatic rings. The highest BCUT2D eigenvalue weighted by molar-refractivity contribution is 5.49. The lowest BCUT2D eigenvalue weighted by Crippen LogP contribution is -2.38. The van der Waals surface area contributed by atoms with Crippen molar-refractivity contribution < 1.29 is 4.74 Å². The fourth-order valence-electron chi connectivity index (χ4n) is 2.34. The smallest absolute Gasteiger partial charge is 0.158 e. The molecule has 1 aliphatic heterocycles. The van der Waals surface area contributed by atoms with E-state index in [0.717, 1.165) is 12.4 Å². The fraction of sp³-hybridized carbons (Fsp3) is 0.667. The Balaban J connectivity index is 2.27. The summed E-state index contributed by atoms with van der Waals surface area (Å²) in [5.74, 6) is 7.66. The highest BCUT2D eigenvalue weighted by Crippen LogP contribution is 2.24. The molecule has 100 valence electrons. The molecule has 1 aromatic heterocycles. The normalized spacial score (nSPS) is 19.9. The van der Waals surface area contributed by atoms with E-state index in [1.807, 2.05) is 6.07 Å². The first-order valence-corrected chi connectivity index (χ1v) is 6.34. The number of nitrogens with one attached hydrogen (secondary N) is 1. The van der Waals surface area contributed by atoms with Crippen LogP contribution in [-0.4, -0.2) is 29.7 Å². The second-order valence-electron chi connectivity index (χ2n) is 4.64. The van der Waals surface area contributed by atoms with Crippen molar-refractivity contribution in [1.82, 2.24) is 9.97 Å². The van der Waals surface area contributed by atoms with Gasteiger partial charge in [0.15, 0.2) is 5.82 Å². The van der Waals surface area contributed by atoms with Crippen LogP contribution in [0.4, 0.5) is 11.6 Å². The van der Waals surface area contributed by atoms with E-state index in [-0.39, 0.29) is 0 Å². The molecule has 18 heavy (non-hydrogen) atoms. The monoisotopic (exact) mass is 251 g/mol. The van der Waals surface area contributed by atoms with E-state index in [1.54, 1.807) is 7.11 Å². The SMILES string of the molecule is COCc1nc(NN)cc(N2CCCCC2C)n1. The van der Waals surface area contributed by atoms with E-state index < -0.39 is 0 Å². The lowest BCUT2D eigenvalue weighted by atomic mass is 10.0. The van der Waals surface area contributed by atoms with Crippen molar-refractivity contribution in [2.24, 2.45) is 5.84 Å². The van der Waals surface area contributed by atoms with Gasteiger partial charge in [0.05, 0.1) is 0 Å². The van der Waals surface area contributed by atoms with E-state index >= 15 is 0 Å². The highest BCUT2D eigenvalue weighted by atomic mass is 16.5. The average molecular weight is 251 g/mol. The molecule has 1 fully saturated rings. The number of ether oxygens (including phenoxy) is 1. The molecule has 0 spiro atoms. The molecule has 0 bridgehead atoms. The zero-order chi connectivity index (χ0) is 13.0. The van der Waals surface area contributed by atoms with Gasteiger partial charge >= 0.3 is 0 Å². The quantitative estimate of drug-likeness (QED) is 0.620. The van der Waals surface area contributed by atoms with Gasteiger partial charge in [-0.2, -0.15) is 0 Å². The van der Waals surface area contributed by atoms with Gasteiger partial charge in [-0.25, -0.2) is 15.8 Å². The molecule has 6 heteroatoms. The van der Waals surface area contributed by atoms with Gasteiger partial charge in [-0.05, 0) is 26.2 Å². The van der Waals surface area contributed by atoms with Gasteiger partial charge in [0, 0.05) is 25.8 Å². The van der Waals surface area contributed by atoms with Crippen LogP contribution >= 0.6 is 0 Å². The fourth-order valence-corrected chi connectivity index (χ4v) is 2.34. The number of rotatable bonds is 4. The summed E-state index contributed by atoms with van der Waals surface area (Å²) in [5.41, 5.74) is 2.59. The summed E-state index contributed by atoms with van der Waals surface area (Å²) in [6.07, 6.45) is 3.70. The molecular weight excluding hydrogens is 230 g/mol. The molecule has 0 aliphatic carbocycles. The van der Waals surface area contributed by atoms with Gasteiger partial charge in [0.25, 0.3) is 0 Å². The summed E-state index contributed by atoms with van der Waals surface area (Å²) in [6.45, 7) is 3.66. The summed E-state index contributed by atoms with van der Waals surface area (Å²) in [7, 11) is 1.63. The summed E-state index contributed by atoms with van der Waals surface area (Å²) >= 11 is 0. The van der Waals surface area contributed by atoms with Gasteiger partial charge in [-0.3, -0.25) is 0 Å². The highest BCUT2D eigenvalue weighted by Gasteiger charge is 2.20. The second-order valence-corrected chi connectivity index (χ2v) is 4.64. The topological polar surface area (TPSA) is 76.3 Å². The number of methoxy groups -OCH3 is 1. The maximum atomic E-state index is 5.45. The van der Waals surface area contributed by atoms with Crippen molar-refractivity contribution in [1.29, 1.82) is 0 Å². The number of nitrogen functional groups attached to an aromatic ring is 1. The summed E-state index contributed by atoms with van der Waals surface area (Å²) in [5, 5.41) is 0. The first-order chi connectivity index (χ1) is 8.74. The van der Waals surface area contributed by atoms with Gasteiger partial charge in [-0.1, -0.05) is 0 Å². The molecule has 6 nitrogen and oxygen atoms in total. The maximum absolute atomic E-state index is 5.45. The number of anilines is 2.